The van der Waals surface area contributed by atoms with Crippen LogP contribution in [0.4, 0.5) is 5.69 Å². The van der Waals surface area contributed by atoms with Crippen molar-refractivity contribution in [2.75, 3.05) is 11.9 Å². The third-order valence-electron chi connectivity index (χ3n) is 3.01. The molecule has 20 heavy (non-hydrogen) atoms. The van der Waals surface area contributed by atoms with E-state index in [0.29, 0.717) is 23.9 Å². The Labute approximate surface area is 116 Å². The molecule has 0 saturated carbocycles. The molecule has 0 aliphatic rings. The van der Waals surface area contributed by atoms with Crippen LogP contribution in [-0.2, 0) is 6.42 Å². The molecule has 0 bridgehead atoms. The first-order chi connectivity index (χ1) is 9.83. The largest absolute Gasteiger partial charge is 0.461 e. The summed E-state index contributed by atoms with van der Waals surface area (Å²) in [7, 11) is 0. The molecule has 2 heterocycles. The lowest BCUT2D eigenvalue weighted by Crippen LogP contribution is -2.06. The Kier molecular flexibility index (Phi) is 3.50. The lowest BCUT2D eigenvalue weighted by Gasteiger charge is -2.07. The summed E-state index contributed by atoms with van der Waals surface area (Å²) in [5.74, 6) is 1.70. The van der Waals surface area contributed by atoms with Crippen molar-refractivity contribution in [1.29, 1.82) is 0 Å². The van der Waals surface area contributed by atoms with Gasteiger partial charge >= 0.3 is 0 Å². The molecular weight excluding hydrogens is 254 g/mol. The number of aryl methyl sites for hydroxylation is 1. The SMILES string of the molecule is Cc1ccccc1NCCc1nc(-c2ccco2)no1. The van der Waals surface area contributed by atoms with Crippen LogP contribution >= 0.6 is 0 Å². The summed E-state index contributed by atoms with van der Waals surface area (Å²) in [6, 6.07) is 11.8. The summed E-state index contributed by atoms with van der Waals surface area (Å²) >= 11 is 0. The van der Waals surface area contributed by atoms with Crippen LogP contribution in [0.3, 0.4) is 0 Å². The molecule has 0 aliphatic carbocycles. The van der Waals surface area contributed by atoms with Crippen molar-refractivity contribution in [2.45, 2.75) is 13.3 Å². The number of nitrogens with one attached hydrogen (secondary N) is 1. The average Bonchev–Trinajstić information content (AvgIpc) is 3.11. The van der Waals surface area contributed by atoms with Gasteiger partial charge in [0.15, 0.2) is 5.76 Å². The van der Waals surface area contributed by atoms with Gasteiger partial charge in [-0.15, -0.1) is 0 Å². The van der Waals surface area contributed by atoms with Crippen molar-refractivity contribution in [2.24, 2.45) is 0 Å². The minimum Gasteiger partial charge on any atom is -0.461 e. The van der Waals surface area contributed by atoms with Gasteiger partial charge in [0.2, 0.25) is 11.7 Å². The van der Waals surface area contributed by atoms with Gasteiger partial charge in [-0.05, 0) is 30.7 Å². The maximum absolute atomic E-state index is 5.22. The highest BCUT2D eigenvalue weighted by atomic mass is 16.5. The highest BCUT2D eigenvalue weighted by molar-refractivity contribution is 5.50. The minimum atomic E-state index is 0.487. The van der Waals surface area contributed by atoms with Gasteiger partial charge in [-0.1, -0.05) is 23.4 Å². The average molecular weight is 269 g/mol. The number of benzene rings is 1. The molecule has 0 fully saturated rings. The molecule has 1 N–H and O–H groups in total. The van der Waals surface area contributed by atoms with Crippen molar-refractivity contribution in [3.05, 3.63) is 54.1 Å². The van der Waals surface area contributed by atoms with Crippen LogP contribution in [-0.4, -0.2) is 16.7 Å². The van der Waals surface area contributed by atoms with Crippen LogP contribution in [0, 0.1) is 6.92 Å². The predicted molar refractivity (Wildman–Crippen MR) is 75.4 cm³/mol. The van der Waals surface area contributed by atoms with E-state index in [2.05, 4.69) is 34.5 Å². The van der Waals surface area contributed by atoms with Gasteiger partial charge < -0.3 is 14.3 Å². The summed E-state index contributed by atoms with van der Waals surface area (Å²) in [4.78, 5) is 4.29. The van der Waals surface area contributed by atoms with E-state index < -0.39 is 0 Å². The van der Waals surface area contributed by atoms with Crippen LogP contribution < -0.4 is 5.32 Å². The van der Waals surface area contributed by atoms with Crippen molar-refractivity contribution in [3.63, 3.8) is 0 Å². The van der Waals surface area contributed by atoms with Crippen LogP contribution in [0.2, 0.25) is 0 Å². The highest BCUT2D eigenvalue weighted by Crippen LogP contribution is 2.16. The van der Waals surface area contributed by atoms with Crippen molar-refractivity contribution in [1.82, 2.24) is 10.1 Å². The monoisotopic (exact) mass is 269 g/mol. The standard InChI is InChI=1S/C15H15N3O2/c1-11-5-2-3-6-12(11)16-9-8-14-17-15(18-20-14)13-7-4-10-19-13/h2-7,10,16H,8-9H2,1H3. The molecule has 0 saturated heterocycles. The molecule has 3 rings (SSSR count). The lowest BCUT2D eigenvalue weighted by atomic mass is 10.2. The Morgan fingerprint density at radius 1 is 1.15 bits per heavy atom. The fourth-order valence-electron chi connectivity index (χ4n) is 1.94. The highest BCUT2D eigenvalue weighted by Gasteiger charge is 2.10. The predicted octanol–water partition coefficient (Wildman–Crippen LogP) is 3.29. The first-order valence-electron chi connectivity index (χ1n) is 6.49. The molecule has 0 amide bonds. The van der Waals surface area contributed by atoms with E-state index in [9.17, 15) is 0 Å². The number of hydrogen-bond acceptors (Lipinski definition) is 5. The number of aromatic nitrogens is 2. The van der Waals surface area contributed by atoms with E-state index in [1.165, 1.54) is 5.56 Å². The Bertz CT molecular complexity index is 674. The number of hydrogen-bond donors (Lipinski definition) is 1. The van der Waals surface area contributed by atoms with E-state index in [4.69, 9.17) is 8.94 Å². The second-order valence-corrected chi connectivity index (χ2v) is 4.48. The van der Waals surface area contributed by atoms with Gasteiger partial charge in [-0.25, -0.2) is 0 Å². The molecule has 3 aromatic rings. The first kappa shape index (κ1) is 12.5. The molecule has 0 aliphatic heterocycles. The third-order valence-corrected chi connectivity index (χ3v) is 3.01. The van der Waals surface area contributed by atoms with E-state index in [1.807, 2.05) is 12.1 Å². The molecular formula is C15H15N3O2. The number of anilines is 1. The number of nitrogens with zero attached hydrogens (tertiary/aromatic N) is 2. The van der Waals surface area contributed by atoms with Gasteiger partial charge in [0, 0.05) is 18.7 Å². The Morgan fingerprint density at radius 2 is 2.05 bits per heavy atom. The summed E-state index contributed by atoms with van der Waals surface area (Å²) in [5, 5.41) is 7.25. The van der Waals surface area contributed by atoms with Gasteiger partial charge in [0.1, 0.15) is 0 Å². The zero-order valence-electron chi connectivity index (χ0n) is 11.2. The topological polar surface area (TPSA) is 64.1 Å². The molecule has 2 aromatic heterocycles. The summed E-state index contributed by atoms with van der Waals surface area (Å²) in [6.45, 7) is 2.81. The lowest BCUT2D eigenvalue weighted by molar-refractivity contribution is 0.380. The van der Waals surface area contributed by atoms with Crippen molar-refractivity contribution >= 4 is 5.69 Å². The van der Waals surface area contributed by atoms with Crippen LogP contribution in [0.5, 0.6) is 0 Å². The minimum absolute atomic E-state index is 0.487. The maximum Gasteiger partial charge on any atom is 0.238 e. The Morgan fingerprint density at radius 3 is 2.85 bits per heavy atom. The van der Waals surface area contributed by atoms with E-state index in [0.717, 1.165) is 12.2 Å². The van der Waals surface area contributed by atoms with Gasteiger partial charge in [0.25, 0.3) is 0 Å². The maximum atomic E-state index is 5.22. The summed E-state index contributed by atoms with van der Waals surface area (Å²) < 4.78 is 10.4. The molecule has 0 unspecified atom stereocenters. The van der Waals surface area contributed by atoms with Crippen LogP contribution in [0.1, 0.15) is 11.5 Å². The smallest absolute Gasteiger partial charge is 0.238 e. The number of furan rings is 1. The number of para-hydroxylation sites is 1. The van der Waals surface area contributed by atoms with E-state index in [1.54, 1.807) is 18.4 Å². The second kappa shape index (κ2) is 5.61. The molecule has 5 nitrogen and oxygen atoms in total. The molecule has 0 spiro atoms. The van der Waals surface area contributed by atoms with E-state index in [-0.39, 0.29) is 0 Å². The quantitative estimate of drug-likeness (QED) is 0.770. The zero-order valence-corrected chi connectivity index (χ0v) is 11.2. The number of rotatable bonds is 5. The van der Waals surface area contributed by atoms with Gasteiger partial charge in [-0.3, -0.25) is 0 Å². The molecule has 102 valence electrons. The van der Waals surface area contributed by atoms with Crippen LogP contribution in [0.25, 0.3) is 11.6 Å². The third kappa shape index (κ3) is 2.71. The molecule has 5 heteroatoms. The van der Waals surface area contributed by atoms with Crippen molar-refractivity contribution in [3.8, 4) is 11.6 Å². The first-order valence-corrected chi connectivity index (χ1v) is 6.49. The van der Waals surface area contributed by atoms with Crippen LogP contribution in [0.15, 0.2) is 51.6 Å². The fourth-order valence-corrected chi connectivity index (χ4v) is 1.94. The summed E-state index contributed by atoms with van der Waals surface area (Å²) in [5.41, 5.74) is 2.34. The van der Waals surface area contributed by atoms with Crippen molar-refractivity contribution < 1.29 is 8.94 Å². The summed E-state index contributed by atoms with van der Waals surface area (Å²) in [6.07, 6.45) is 2.26. The Balaban J connectivity index is 1.58. The molecule has 0 atom stereocenters. The molecule has 0 radical (unpaired) electrons. The molecule has 1 aromatic carbocycles. The van der Waals surface area contributed by atoms with E-state index >= 15 is 0 Å². The Hall–Kier alpha value is -2.56. The fraction of sp³-hybridized carbons (Fsp3) is 0.200. The zero-order chi connectivity index (χ0) is 13.8. The second-order valence-electron chi connectivity index (χ2n) is 4.48. The van der Waals surface area contributed by atoms with Gasteiger partial charge in [-0.2, -0.15) is 4.98 Å². The normalized spacial score (nSPS) is 10.7. The van der Waals surface area contributed by atoms with Gasteiger partial charge in [0.05, 0.1) is 6.26 Å².